The molecule has 13 heteroatoms. The largest absolute Gasteiger partial charge is 0.465 e. The normalized spacial score (nSPS) is 14.1. The molecule has 37 heavy (non-hydrogen) atoms. The lowest BCUT2D eigenvalue weighted by Gasteiger charge is -2.23. The average molecular weight is 533 g/mol. The minimum absolute atomic E-state index is 0.243. The van der Waals surface area contributed by atoms with Crippen LogP contribution in [0.1, 0.15) is 58.8 Å². The highest BCUT2D eigenvalue weighted by atomic mass is 32.2. The van der Waals surface area contributed by atoms with Crippen LogP contribution in [-0.4, -0.2) is 51.7 Å². The molecule has 4 rings (SSSR count). The molecule has 0 bridgehead atoms. The van der Waals surface area contributed by atoms with Crippen LogP contribution in [0.4, 0.5) is 22.2 Å². The van der Waals surface area contributed by atoms with Crippen molar-refractivity contribution in [2.45, 2.75) is 76.3 Å². The second-order valence-corrected chi connectivity index (χ2v) is 10.6. The number of rotatable bonds is 10. The van der Waals surface area contributed by atoms with Crippen LogP contribution in [0.3, 0.4) is 0 Å². The van der Waals surface area contributed by atoms with Gasteiger partial charge < -0.3 is 26.0 Å². The number of benzene rings is 1. The summed E-state index contributed by atoms with van der Waals surface area (Å²) in [7, 11) is -3.51. The van der Waals surface area contributed by atoms with E-state index in [2.05, 4.69) is 33.0 Å². The third-order valence-electron chi connectivity index (χ3n) is 5.99. The number of aryl methyl sites for hydroxylation is 1. The molecule has 1 aliphatic carbocycles. The summed E-state index contributed by atoms with van der Waals surface area (Å²) >= 11 is 0. The number of nitrogens with zero attached hydrogens (tertiary/aromatic N) is 4. The Morgan fingerprint density at radius 2 is 1.81 bits per heavy atom. The number of anilines is 3. The lowest BCUT2D eigenvalue weighted by molar-refractivity contribution is 0.205. The van der Waals surface area contributed by atoms with Crippen LogP contribution < -0.4 is 21.1 Å². The predicted molar refractivity (Wildman–Crippen MR) is 144 cm³/mol. The van der Waals surface area contributed by atoms with Gasteiger partial charge in [-0.25, -0.2) is 22.9 Å². The number of nitrogens with one attached hydrogen (secondary N) is 3. The van der Waals surface area contributed by atoms with Crippen molar-refractivity contribution < 1.29 is 18.3 Å². The zero-order valence-corrected chi connectivity index (χ0v) is 22.1. The highest BCUT2D eigenvalue weighted by Gasteiger charge is 2.18. The number of carbonyl (C=O) groups is 1. The van der Waals surface area contributed by atoms with Gasteiger partial charge in [-0.15, -0.1) is 0 Å². The van der Waals surface area contributed by atoms with Crippen molar-refractivity contribution in [3.8, 4) is 0 Å². The molecule has 202 valence electrons. The smallest absolute Gasteiger partial charge is 0.402 e. The molecule has 2 aromatic heterocycles. The first-order valence-electron chi connectivity index (χ1n) is 12.6. The number of hydrogen-bond donors (Lipinski definition) is 5. The number of sulfonamides is 1. The molecule has 1 amide bonds. The number of fused-ring (bicyclic) bond motifs is 1. The SMILES string of the molecule is CCCCNS(=O)(=O)c1ccc(Nc2nc(NC3CCCCC3)nc3c2ncn3CC)cc1.NC(=O)O. The zero-order chi connectivity index (χ0) is 26.8. The van der Waals surface area contributed by atoms with E-state index in [1.165, 1.54) is 19.3 Å². The quantitative estimate of drug-likeness (QED) is 0.241. The summed E-state index contributed by atoms with van der Waals surface area (Å²) in [6.45, 7) is 5.28. The monoisotopic (exact) mass is 532 g/mol. The van der Waals surface area contributed by atoms with Crippen LogP contribution in [0.5, 0.6) is 0 Å². The predicted octanol–water partition coefficient (Wildman–Crippen LogP) is 4.04. The molecular formula is C24H36N8O4S. The van der Waals surface area contributed by atoms with Gasteiger partial charge in [0.15, 0.2) is 17.0 Å². The number of nitrogens with two attached hydrogens (primary N) is 1. The van der Waals surface area contributed by atoms with Gasteiger partial charge in [-0.1, -0.05) is 32.6 Å². The zero-order valence-electron chi connectivity index (χ0n) is 21.3. The fourth-order valence-corrected chi connectivity index (χ4v) is 5.15. The van der Waals surface area contributed by atoms with Gasteiger partial charge in [0.05, 0.1) is 11.2 Å². The van der Waals surface area contributed by atoms with E-state index >= 15 is 0 Å². The maximum atomic E-state index is 12.4. The van der Waals surface area contributed by atoms with E-state index in [1.807, 2.05) is 11.5 Å². The van der Waals surface area contributed by atoms with Crippen molar-refractivity contribution in [1.29, 1.82) is 0 Å². The van der Waals surface area contributed by atoms with Gasteiger partial charge in [0, 0.05) is 24.8 Å². The summed E-state index contributed by atoms with van der Waals surface area (Å²) in [5.74, 6) is 1.19. The number of aromatic nitrogens is 4. The summed E-state index contributed by atoms with van der Waals surface area (Å²) in [4.78, 5) is 23.0. The molecule has 0 radical (unpaired) electrons. The summed E-state index contributed by atoms with van der Waals surface area (Å²) in [6.07, 6.45) is 8.16. The fourth-order valence-electron chi connectivity index (χ4n) is 4.08. The molecule has 6 N–H and O–H groups in total. The fraction of sp³-hybridized carbons (Fsp3) is 0.500. The summed E-state index contributed by atoms with van der Waals surface area (Å²) in [5, 5.41) is 14.0. The van der Waals surface area contributed by atoms with E-state index in [1.54, 1.807) is 30.6 Å². The Labute approximate surface area is 217 Å². The number of amides is 1. The molecule has 12 nitrogen and oxygen atoms in total. The Bertz CT molecular complexity index is 1270. The molecule has 0 unspecified atom stereocenters. The van der Waals surface area contributed by atoms with Crippen LogP contribution in [0.2, 0.25) is 0 Å². The van der Waals surface area contributed by atoms with Gasteiger partial charge >= 0.3 is 6.09 Å². The molecule has 0 spiro atoms. The first-order chi connectivity index (χ1) is 17.7. The van der Waals surface area contributed by atoms with Gasteiger partial charge in [0.2, 0.25) is 16.0 Å². The summed E-state index contributed by atoms with van der Waals surface area (Å²) in [6, 6.07) is 7.06. The Hall–Kier alpha value is -3.45. The van der Waals surface area contributed by atoms with E-state index in [0.29, 0.717) is 29.9 Å². The van der Waals surface area contributed by atoms with Crippen molar-refractivity contribution in [1.82, 2.24) is 24.2 Å². The Morgan fingerprint density at radius 3 is 2.43 bits per heavy atom. The Balaban J connectivity index is 0.000000886. The molecule has 0 saturated heterocycles. The van der Waals surface area contributed by atoms with Gasteiger partial charge in [-0.05, 0) is 50.5 Å². The lowest BCUT2D eigenvalue weighted by atomic mass is 9.96. The molecule has 3 aromatic rings. The topological polar surface area (TPSA) is 177 Å². The number of imidazole rings is 1. The molecule has 1 saturated carbocycles. The second-order valence-electron chi connectivity index (χ2n) is 8.82. The molecule has 0 atom stereocenters. The lowest BCUT2D eigenvalue weighted by Crippen LogP contribution is -2.24. The molecular weight excluding hydrogens is 496 g/mol. The summed E-state index contributed by atoms with van der Waals surface area (Å²) in [5.41, 5.74) is 6.22. The van der Waals surface area contributed by atoms with Crippen LogP contribution in [0, 0.1) is 0 Å². The van der Waals surface area contributed by atoms with Crippen LogP contribution >= 0.6 is 0 Å². The van der Waals surface area contributed by atoms with Gasteiger partial charge in [-0.2, -0.15) is 9.97 Å². The van der Waals surface area contributed by atoms with Crippen molar-refractivity contribution in [3.63, 3.8) is 0 Å². The number of unbranched alkanes of at least 4 members (excludes halogenated alkanes) is 1. The van der Waals surface area contributed by atoms with Gasteiger partial charge in [0.25, 0.3) is 0 Å². The Kier molecular flexibility index (Phi) is 10.0. The van der Waals surface area contributed by atoms with Crippen LogP contribution in [0.25, 0.3) is 11.2 Å². The van der Waals surface area contributed by atoms with E-state index in [0.717, 1.165) is 43.6 Å². The molecule has 1 aromatic carbocycles. The standard InChI is InChI=1S/C23H33N7O2S.CH3NO2/c1-3-5-15-25-33(31,32)19-13-11-18(12-14-19)26-21-20-22(30(4-2)16-24-20)29-23(28-21)27-17-9-7-6-8-10-17;2-1(3)4/h11-14,16-17,25H,3-10,15H2,1-2H3,(H2,26,27,28,29);2H2,(H,3,4). The number of primary amides is 1. The minimum atomic E-state index is -3.51. The third kappa shape index (κ3) is 8.02. The van der Waals surface area contributed by atoms with Crippen LogP contribution in [0.15, 0.2) is 35.5 Å². The highest BCUT2D eigenvalue weighted by molar-refractivity contribution is 7.89. The highest BCUT2D eigenvalue weighted by Crippen LogP contribution is 2.27. The van der Waals surface area contributed by atoms with E-state index in [-0.39, 0.29) is 4.90 Å². The van der Waals surface area contributed by atoms with Crippen molar-refractivity contribution in [3.05, 3.63) is 30.6 Å². The van der Waals surface area contributed by atoms with E-state index < -0.39 is 16.1 Å². The maximum Gasteiger partial charge on any atom is 0.402 e. The molecule has 0 aliphatic heterocycles. The maximum absolute atomic E-state index is 12.4. The van der Waals surface area contributed by atoms with Crippen molar-refractivity contribution in [2.75, 3.05) is 17.2 Å². The van der Waals surface area contributed by atoms with Gasteiger partial charge in [0.1, 0.15) is 0 Å². The first-order valence-corrected chi connectivity index (χ1v) is 14.1. The van der Waals surface area contributed by atoms with Gasteiger partial charge in [-0.3, -0.25) is 0 Å². The average Bonchev–Trinajstić information content (AvgIpc) is 3.28. The number of hydrogen-bond acceptors (Lipinski definition) is 8. The van der Waals surface area contributed by atoms with Crippen molar-refractivity contribution >= 4 is 44.7 Å². The second kappa shape index (κ2) is 13.2. The first kappa shape index (κ1) is 28.1. The van der Waals surface area contributed by atoms with Crippen LogP contribution in [-0.2, 0) is 16.6 Å². The Morgan fingerprint density at radius 1 is 1.14 bits per heavy atom. The molecule has 2 heterocycles. The molecule has 1 fully saturated rings. The van der Waals surface area contributed by atoms with Crippen molar-refractivity contribution in [2.24, 2.45) is 5.73 Å². The van der Waals surface area contributed by atoms with E-state index in [4.69, 9.17) is 19.9 Å². The summed E-state index contributed by atoms with van der Waals surface area (Å²) < 4.78 is 29.5. The van der Waals surface area contributed by atoms with E-state index in [9.17, 15) is 8.42 Å². The third-order valence-corrected chi connectivity index (χ3v) is 7.47. The molecule has 1 aliphatic rings. The minimum Gasteiger partial charge on any atom is -0.465 e. The number of carboxylic acid groups (broad SMARTS) is 1.